The number of amides is 2. The fraction of sp³-hybridized carbons (Fsp3) is 0.268. The number of aliphatic hydroxyl groups excluding tert-OH is 1. The van der Waals surface area contributed by atoms with E-state index in [2.05, 4.69) is 27.0 Å². The molecule has 69 heavy (non-hydrogen) atoms. The number of rotatable bonds is 10. The average Bonchev–Trinajstić information content (AvgIpc) is 4.08. The summed E-state index contributed by atoms with van der Waals surface area (Å²) in [7, 11) is 1.61. The Hall–Kier alpha value is -7.63. The maximum atomic E-state index is 16.1. The van der Waals surface area contributed by atoms with Crippen LogP contribution in [0.4, 0.5) is 5.69 Å². The van der Waals surface area contributed by atoms with Gasteiger partial charge in [-0.1, -0.05) is 90.7 Å². The number of hydrogen-bond donors (Lipinski definition) is 2. The van der Waals surface area contributed by atoms with Crippen molar-refractivity contribution in [1.82, 2.24) is 14.7 Å². The molecule has 13 nitrogen and oxygen atoms in total. The summed E-state index contributed by atoms with van der Waals surface area (Å²) in [5.74, 6) is 6.73. The van der Waals surface area contributed by atoms with E-state index < -0.39 is 47.4 Å². The highest BCUT2D eigenvalue weighted by molar-refractivity contribution is 6.12. The summed E-state index contributed by atoms with van der Waals surface area (Å²) in [5, 5.41) is 12.8. The normalized spacial score (nSPS) is 23.6. The Morgan fingerprint density at radius 3 is 2.14 bits per heavy atom. The number of morpholine rings is 1. The lowest BCUT2D eigenvalue weighted by molar-refractivity contribution is -0.179. The van der Waals surface area contributed by atoms with Gasteiger partial charge in [0.1, 0.15) is 35.7 Å². The van der Waals surface area contributed by atoms with E-state index in [-0.39, 0.29) is 25.9 Å². The third-order valence-corrected chi connectivity index (χ3v) is 14.1. The van der Waals surface area contributed by atoms with Crippen molar-refractivity contribution in [2.45, 2.75) is 36.2 Å². The summed E-state index contributed by atoms with van der Waals surface area (Å²) in [6, 6.07) is 43.2. The van der Waals surface area contributed by atoms with Crippen LogP contribution in [0.2, 0.25) is 0 Å². The van der Waals surface area contributed by atoms with Crippen LogP contribution >= 0.6 is 0 Å². The number of nitrogens with zero attached hydrogens (tertiary/aromatic N) is 3. The van der Waals surface area contributed by atoms with Crippen molar-refractivity contribution in [2.24, 2.45) is 5.92 Å². The predicted molar refractivity (Wildman–Crippen MR) is 255 cm³/mol. The lowest BCUT2D eigenvalue weighted by atomic mass is 9.65. The Balaban J connectivity index is 1.07. The lowest BCUT2D eigenvalue weighted by Gasteiger charge is -2.46. The molecular formula is C56H50N4O9. The van der Waals surface area contributed by atoms with Crippen LogP contribution in [0.1, 0.15) is 57.1 Å². The number of aliphatic hydroxyl groups is 1. The monoisotopic (exact) mass is 922 g/mol. The highest BCUT2D eigenvalue weighted by Crippen LogP contribution is 2.65. The van der Waals surface area contributed by atoms with Gasteiger partial charge in [-0.25, -0.2) is 0 Å². The molecule has 13 heteroatoms. The van der Waals surface area contributed by atoms with Crippen molar-refractivity contribution in [3.05, 3.63) is 185 Å². The molecule has 3 fully saturated rings. The standard InChI is InChI=1S/C56H50N4O9/c1-65-42-20-14-36(15-21-42)12-13-37-16-24-45-44(32-37)56(55(64)57-45)48(53(62)59-28-26-58(27-29-59)34-38-17-25-46-47(33-38)68-35-67-46)50-54(63)69-51(40-10-6-3-7-11-40)49(39-8-4-2-5-9-39)60(50)52(56)41-18-22-43(23-19-41)66-31-30-61/h2-11,14-25,32-33,48-52,61H,26-31,34-35H2,1H3,(H,57,64)/t48-,49-,50-,51+,52+,56-/m0/s1. The summed E-state index contributed by atoms with van der Waals surface area (Å²) < 4.78 is 29.0. The van der Waals surface area contributed by atoms with Crippen LogP contribution in [-0.2, 0) is 31.1 Å². The maximum Gasteiger partial charge on any atom is 0.324 e. The van der Waals surface area contributed by atoms with Gasteiger partial charge in [0, 0.05) is 49.5 Å². The van der Waals surface area contributed by atoms with Crippen molar-refractivity contribution >= 4 is 23.5 Å². The first kappa shape index (κ1) is 43.9. The molecule has 0 aromatic heterocycles. The molecule has 0 radical (unpaired) electrons. The highest BCUT2D eigenvalue weighted by atomic mass is 16.7. The van der Waals surface area contributed by atoms with Gasteiger partial charge < -0.3 is 39.0 Å². The zero-order chi connectivity index (χ0) is 47.1. The molecule has 2 N–H and O–H groups in total. The predicted octanol–water partition coefficient (Wildman–Crippen LogP) is 6.81. The number of cyclic esters (lactones) is 1. The third kappa shape index (κ3) is 7.90. The molecule has 6 atom stereocenters. The van der Waals surface area contributed by atoms with E-state index in [0.29, 0.717) is 72.4 Å². The number of piperazine rings is 1. The minimum Gasteiger partial charge on any atom is -0.497 e. The largest absolute Gasteiger partial charge is 0.497 e. The van der Waals surface area contributed by atoms with E-state index in [4.69, 9.17) is 23.7 Å². The van der Waals surface area contributed by atoms with E-state index in [1.54, 1.807) is 19.2 Å². The first-order chi connectivity index (χ1) is 33.8. The van der Waals surface area contributed by atoms with Crippen LogP contribution < -0.4 is 24.3 Å². The number of benzene rings is 6. The summed E-state index contributed by atoms with van der Waals surface area (Å²) in [5.41, 5.74) is 4.23. The SMILES string of the molecule is COc1ccc(C#Cc2ccc3c(c2)[C@]2(C(=O)N3)[C@H](C(=O)N3CCN(Cc4ccc5c(c4)OCO5)CC3)[C@H]3C(=O)O[C@H](c4ccccc4)[C@H](c4ccccc4)N3[C@@H]2c2ccc(OCCO)cc2)cc1. The van der Waals surface area contributed by atoms with Gasteiger partial charge in [0.25, 0.3) is 0 Å². The minimum atomic E-state index is -1.68. The molecule has 5 heterocycles. The molecule has 5 aliphatic heterocycles. The number of fused-ring (bicyclic) bond motifs is 4. The molecule has 5 aliphatic rings. The number of esters is 1. The second-order valence-electron chi connectivity index (χ2n) is 17.9. The number of methoxy groups -OCH3 is 1. The number of nitrogens with one attached hydrogen (secondary N) is 1. The van der Waals surface area contributed by atoms with E-state index in [9.17, 15) is 5.11 Å². The molecule has 0 saturated carbocycles. The number of hydrogen-bond acceptors (Lipinski definition) is 11. The van der Waals surface area contributed by atoms with Gasteiger partial charge in [0.05, 0.1) is 31.7 Å². The zero-order valence-electron chi connectivity index (χ0n) is 38.0. The average molecular weight is 923 g/mol. The van der Waals surface area contributed by atoms with Crippen LogP contribution in [0.5, 0.6) is 23.0 Å². The van der Waals surface area contributed by atoms with Crippen LogP contribution in [-0.4, -0.2) is 96.9 Å². The first-order valence-electron chi connectivity index (χ1n) is 23.3. The van der Waals surface area contributed by atoms with Crippen molar-refractivity contribution < 1.29 is 43.2 Å². The minimum absolute atomic E-state index is 0.0955. The van der Waals surface area contributed by atoms with Gasteiger partial charge in [-0.15, -0.1) is 0 Å². The van der Waals surface area contributed by atoms with E-state index in [1.807, 2.05) is 138 Å². The zero-order valence-corrected chi connectivity index (χ0v) is 38.0. The quantitative estimate of drug-likeness (QED) is 0.111. The molecule has 6 aromatic carbocycles. The van der Waals surface area contributed by atoms with E-state index in [0.717, 1.165) is 28.0 Å². The Kier molecular flexibility index (Phi) is 11.7. The van der Waals surface area contributed by atoms with Gasteiger partial charge in [-0.2, -0.15) is 0 Å². The fourth-order valence-corrected chi connectivity index (χ4v) is 11.0. The Bertz CT molecular complexity index is 2950. The van der Waals surface area contributed by atoms with Gasteiger partial charge in [0.15, 0.2) is 11.5 Å². The van der Waals surface area contributed by atoms with Gasteiger partial charge >= 0.3 is 5.97 Å². The van der Waals surface area contributed by atoms with Gasteiger partial charge in [-0.05, 0) is 94.5 Å². The van der Waals surface area contributed by atoms with Gasteiger partial charge in [-0.3, -0.25) is 24.2 Å². The van der Waals surface area contributed by atoms with Crippen molar-refractivity contribution in [3.8, 4) is 34.8 Å². The van der Waals surface area contributed by atoms with Crippen LogP contribution in [0.3, 0.4) is 0 Å². The molecule has 0 aliphatic carbocycles. The molecule has 348 valence electrons. The van der Waals surface area contributed by atoms with Crippen molar-refractivity contribution in [3.63, 3.8) is 0 Å². The molecule has 2 amide bonds. The third-order valence-electron chi connectivity index (χ3n) is 14.1. The molecule has 0 bridgehead atoms. The summed E-state index contributed by atoms with van der Waals surface area (Å²) in [6.07, 6.45) is -0.803. The van der Waals surface area contributed by atoms with Crippen LogP contribution in [0.25, 0.3) is 0 Å². The molecule has 1 spiro atoms. The van der Waals surface area contributed by atoms with Crippen molar-refractivity contribution in [1.29, 1.82) is 0 Å². The smallest absolute Gasteiger partial charge is 0.324 e. The van der Waals surface area contributed by atoms with Gasteiger partial charge in [0.2, 0.25) is 18.6 Å². The Morgan fingerprint density at radius 1 is 0.739 bits per heavy atom. The lowest BCUT2D eigenvalue weighted by Crippen LogP contribution is -2.58. The summed E-state index contributed by atoms with van der Waals surface area (Å²) in [4.78, 5) is 53.5. The fourth-order valence-electron chi connectivity index (χ4n) is 11.0. The Labute approximate surface area is 400 Å². The maximum absolute atomic E-state index is 16.1. The summed E-state index contributed by atoms with van der Waals surface area (Å²) >= 11 is 0. The molecular weight excluding hydrogens is 873 g/mol. The second-order valence-corrected chi connectivity index (χ2v) is 17.9. The van der Waals surface area contributed by atoms with Crippen molar-refractivity contribution in [2.75, 3.05) is 58.6 Å². The number of ether oxygens (including phenoxy) is 5. The van der Waals surface area contributed by atoms with E-state index >= 15 is 14.4 Å². The molecule has 6 aromatic rings. The van der Waals surface area contributed by atoms with Crippen LogP contribution in [0, 0.1) is 17.8 Å². The molecule has 0 unspecified atom stereocenters. The number of anilines is 1. The molecule has 11 rings (SSSR count). The first-order valence-corrected chi connectivity index (χ1v) is 23.3. The second kappa shape index (κ2) is 18.5. The van der Waals surface area contributed by atoms with E-state index in [1.165, 1.54) is 0 Å². The highest BCUT2D eigenvalue weighted by Gasteiger charge is 2.74. The summed E-state index contributed by atoms with van der Waals surface area (Å²) in [6.45, 7) is 2.64. The molecule has 3 saturated heterocycles. The number of carbonyl (C=O) groups excluding carboxylic acids is 3. The van der Waals surface area contributed by atoms with Crippen LogP contribution in [0.15, 0.2) is 146 Å². The number of carbonyl (C=O) groups is 3. The Morgan fingerprint density at radius 2 is 1.42 bits per heavy atom. The topological polar surface area (TPSA) is 139 Å².